The second-order valence-electron chi connectivity index (χ2n) is 7.76. The highest BCUT2D eigenvalue weighted by Crippen LogP contribution is 2.42. The molecule has 7 heteroatoms. The Kier molecular flexibility index (Phi) is 6.47. The Morgan fingerprint density at radius 3 is 2.58 bits per heavy atom. The van der Waals surface area contributed by atoms with Gasteiger partial charge < -0.3 is 9.84 Å². The number of aliphatic hydroxyl groups excluding tert-OH is 1. The van der Waals surface area contributed by atoms with Crippen molar-refractivity contribution >= 4 is 34.7 Å². The predicted molar refractivity (Wildman–Crippen MR) is 127 cm³/mol. The lowest BCUT2D eigenvalue weighted by Gasteiger charge is -2.25. The zero-order valence-corrected chi connectivity index (χ0v) is 19.0. The number of carbonyl (C=O) groups is 2. The number of ether oxygens (including phenoxy) is 1. The molecular weight excluding hydrogens is 440 g/mol. The van der Waals surface area contributed by atoms with Gasteiger partial charge in [-0.15, -0.1) is 0 Å². The lowest BCUT2D eigenvalue weighted by atomic mass is 9.95. The third-order valence-electron chi connectivity index (χ3n) is 5.48. The number of anilines is 1. The molecule has 0 spiro atoms. The average Bonchev–Trinajstić information content (AvgIpc) is 3.10. The van der Waals surface area contributed by atoms with Crippen molar-refractivity contribution in [2.24, 2.45) is 0 Å². The molecule has 2 aromatic carbocycles. The molecule has 2 heterocycles. The highest BCUT2D eigenvalue weighted by Gasteiger charge is 2.47. The Labute approximate surface area is 197 Å². The number of hydrogen-bond acceptors (Lipinski definition) is 5. The van der Waals surface area contributed by atoms with Crippen molar-refractivity contribution in [1.82, 2.24) is 4.98 Å². The number of hydrogen-bond donors (Lipinski definition) is 1. The summed E-state index contributed by atoms with van der Waals surface area (Å²) in [6.07, 6.45) is 4.00. The number of benzene rings is 2. The molecule has 168 valence electrons. The SMILES string of the molecule is CCCOc1cccc(/C(O)=C2\C(=O)C(=O)N(c3ccc(C)c(Cl)c3)C2c2ccncc2)c1. The van der Waals surface area contributed by atoms with Crippen LogP contribution in [0.15, 0.2) is 72.6 Å². The first-order chi connectivity index (χ1) is 15.9. The third-order valence-corrected chi connectivity index (χ3v) is 5.89. The van der Waals surface area contributed by atoms with Crippen LogP contribution in [0.2, 0.25) is 5.02 Å². The summed E-state index contributed by atoms with van der Waals surface area (Å²) in [6.45, 7) is 4.38. The Hall–Kier alpha value is -3.64. The largest absolute Gasteiger partial charge is 0.507 e. The van der Waals surface area contributed by atoms with E-state index < -0.39 is 17.7 Å². The second kappa shape index (κ2) is 9.46. The van der Waals surface area contributed by atoms with Crippen molar-refractivity contribution in [1.29, 1.82) is 0 Å². The highest BCUT2D eigenvalue weighted by atomic mass is 35.5. The molecule has 0 aliphatic carbocycles. The molecule has 1 unspecified atom stereocenters. The van der Waals surface area contributed by atoms with Gasteiger partial charge in [-0.1, -0.05) is 36.7 Å². The first kappa shape index (κ1) is 22.6. The van der Waals surface area contributed by atoms with Crippen LogP contribution in [0.4, 0.5) is 5.69 Å². The molecule has 1 atom stereocenters. The van der Waals surface area contributed by atoms with Crippen molar-refractivity contribution in [3.05, 3.63) is 94.3 Å². The van der Waals surface area contributed by atoms with Crippen molar-refractivity contribution < 1.29 is 19.4 Å². The maximum absolute atomic E-state index is 13.2. The van der Waals surface area contributed by atoms with Gasteiger partial charge in [-0.05, 0) is 60.9 Å². The molecule has 1 amide bonds. The van der Waals surface area contributed by atoms with Gasteiger partial charge >= 0.3 is 0 Å². The van der Waals surface area contributed by atoms with E-state index in [2.05, 4.69) is 4.98 Å². The van der Waals surface area contributed by atoms with Crippen LogP contribution in [0, 0.1) is 6.92 Å². The lowest BCUT2D eigenvalue weighted by Crippen LogP contribution is -2.29. The van der Waals surface area contributed by atoms with Crippen LogP contribution >= 0.6 is 11.6 Å². The van der Waals surface area contributed by atoms with E-state index in [9.17, 15) is 14.7 Å². The molecule has 3 aromatic rings. The molecule has 1 aromatic heterocycles. The van der Waals surface area contributed by atoms with Crippen molar-refractivity contribution in [2.45, 2.75) is 26.3 Å². The van der Waals surface area contributed by atoms with Crippen LogP contribution < -0.4 is 9.64 Å². The number of carbonyl (C=O) groups excluding carboxylic acids is 2. The van der Waals surface area contributed by atoms with E-state index >= 15 is 0 Å². The second-order valence-corrected chi connectivity index (χ2v) is 8.17. The van der Waals surface area contributed by atoms with Crippen molar-refractivity contribution in [3.8, 4) is 5.75 Å². The van der Waals surface area contributed by atoms with E-state index in [-0.39, 0.29) is 11.3 Å². The van der Waals surface area contributed by atoms with Gasteiger partial charge in [-0.2, -0.15) is 0 Å². The summed E-state index contributed by atoms with van der Waals surface area (Å²) < 4.78 is 5.66. The number of aryl methyl sites for hydroxylation is 1. The fourth-order valence-electron chi connectivity index (χ4n) is 3.80. The number of ketones is 1. The maximum Gasteiger partial charge on any atom is 0.300 e. The predicted octanol–water partition coefficient (Wildman–Crippen LogP) is 5.46. The lowest BCUT2D eigenvalue weighted by molar-refractivity contribution is -0.132. The minimum absolute atomic E-state index is 0.00413. The molecule has 1 aliphatic heterocycles. The van der Waals surface area contributed by atoms with Crippen LogP contribution in [0.1, 0.15) is 36.1 Å². The number of halogens is 1. The van der Waals surface area contributed by atoms with Gasteiger partial charge in [0.1, 0.15) is 11.5 Å². The van der Waals surface area contributed by atoms with E-state index in [0.717, 1.165) is 12.0 Å². The molecule has 6 nitrogen and oxygen atoms in total. The van der Waals surface area contributed by atoms with Gasteiger partial charge in [0.25, 0.3) is 11.7 Å². The average molecular weight is 463 g/mol. The highest BCUT2D eigenvalue weighted by molar-refractivity contribution is 6.51. The van der Waals surface area contributed by atoms with Gasteiger partial charge in [0.2, 0.25) is 0 Å². The summed E-state index contributed by atoms with van der Waals surface area (Å²) in [5.41, 5.74) is 2.34. The molecule has 0 saturated carbocycles. The number of amides is 1. The van der Waals surface area contributed by atoms with Gasteiger partial charge in [0, 0.05) is 28.7 Å². The molecule has 0 bridgehead atoms. The normalized spacial score (nSPS) is 17.4. The Morgan fingerprint density at radius 2 is 1.88 bits per heavy atom. The first-order valence-electron chi connectivity index (χ1n) is 10.6. The Morgan fingerprint density at radius 1 is 1.12 bits per heavy atom. The Bertz CT molecular complexity index is 1240. The van der Waals surface area contributed by atoms with Crippen molar-refractivity contribution in [2.75, 3.05) is 11.5 Å². The molecule has 4 rings (SSSR count). The number of aromatic nitrogens is 1. The Balaban J connectivity index is 1.88. The monoisotopic (exact) mass is 462 g/mol. The van der Waals surface area contributed by atoms with E-state index in [1.54, 1.807) is 67.0 Å². The standard InChI is InChI=1S/C26H23ClN2O4/c1-3-13-33-20-6-4-5-18(14-20)24(30)22-23(17-9-11-28-12-10-17)29(26(32)25(22)31)19-8-7-16(2)21(27)15-19/h4-12,14-15,23,30H,3,13H2,1-2H3/b24-22+. The molecule has 1 aliphatic rings. The molecule has 0 radical (unpaired) electrons. The van der Waals surface area contributed by atoms with Crippen LogP contribution in [0.25, 0.3) is 5.76 Å². The van der Waals surface area contributed by atoms with Crippen LogP contribution in [0.5, 0.6) is 5.75 Å². The van der Waals surface area contributed by atoms with E-state index in [0.29, 0.717) is 34.2 Å². The zero-order chi connectivity index (χ0) is 23.5. The molecule has 1 fully saturated rings. The summed E-state index contributed by atoms with van der Waals surface area (Å²) in [6, 6.07) is 14.6. The zero-order valence-electron chi connectivity index (χ0n) is 18.3. The summed E-state index contributed by atoms with van der Waals surface area (Å²) >= 11 is 6.32. The smallest absolute Gasteiger partial charge is 0.300 e. The van der Waals surface area contributed by atoms with Gasteiger partial charge in [0.15, 0.2) is 0 Å². The summed E-state index contributed by atoms with van der Waals surface area (Å²) in [5, 5.41) is 11.7. The van der Waals surface area contributed by atoms with Gasteiger partial charge in [-0.25, -0.2) is 0 Å². The summed E-state index contributed by atoms with van der Waals surface area (Å²) in [7, 11) is 0. The number of nitrogens with zero attached hydrogens (tertiary/aromatic N) is 2. The third kappa shape index (κ3) is 4.34. The number of pyridine rings is 1. The number of aliphatic hydroxyl groups is 1. The first-order valence-corrected chi connectivity index (χ1v) is 11.0. The van der Waals surface area contributed by atoms with E-state index in [1.165, 1.54) is 4.90 Å². The topological polar surface area (TPSA) is 79.7 Å². The van der Waals surface area contributed by atoms with Crippen molar-refractivity contribution in [3.63, 3.8) is 0 Å². The molecular formula is C26H23ClN2O4. The van der Waals surface area contributed by atoms with Crippen LogP contribution in [-0.2, 0) is 9.59 Å². The quantitative estimate of drug-likeness (QED) is 0.299. The summed E-state index contributed by atoms with van der Waals surface area (Å²) in [4.78, 5) is 31.8. The van der Waals surface area contributed by atoms with Gasteiger partial charge in [-0.3, -0.25) is 19.5 Å². The van der Waals surface area contributed by atoms with E-state index in [4.69, 9.17) is 16.3 Å². The molecule has 33 heavy (non-hydrogen) atoms. The van der Waals surface area contributed by atoms with E-state index in [1.807, 2.05) is 13.8 Å². The minimum atomic E-state index is -0.841. The van der Waals surface area contributed by atoms with Gasteiger partial charge in [0.05, 0.1) is 18.2 Å². The summed E-state index contributed by atoms with van der Waals surface area (Å²) in [5.74, 6) is -1.21. The van der Waals surface area contributed by atoms with Crippen LogP contribution in [0.3, 0.4) is 0 Å². The fraction of sp³-hybridized carbons (Fsp3) is 0.192. The maximum atomic E-state index is 13.2. The fourth-order valence-corrected chi connectivity index (χ4v) is 3.97. The molecule has 1 saturated heterocycles. The number of rotatable bonds is 6. The molecule has 1 N–H and O–H groups in total. The minimum Gasteiger partial charge on any atom is -0.507 e. The number of Topliss-reactive ketones (excluding diaryl/α,β-unsaturated/α-hetero) is 1. The van der Waals surface area contributed by atoms with Crippen LogP contribution in [-0.4, -0.2) is 28.4 Å².